The zero-order chi connectivity index (χ0) is 11.4. The first kappa shape index (κ1) is 11.2. The van der Waals surface area contributed by atoms with Gasteiger partial charge in [0.25, 0.3) is 0 Å². The van der Waals surface area contributed by atoms with E-state index in [4.69, 9.17) is 9.63 Å². The molecule has 3 nitrogen and oxygen atoms in total. The van der Waals surface area contributed by atoms with Crippen molar-refractivity contribution in [1.29, 1.82) is 0 Å². The first-order valence-electron chi connectivity index (χ1n) is 5.03. The number of nitrogens with zero attached hydrogens (tertiary/aromatic N) is 1. The van der Waals surface area contributed by atoms with Crippen LogP contribution in [-0.4, -0.2) is 10.3 Å². The molecule has 0 aliphatic heterocycles. The number of aryl methyl sites for hydroxylation is 1. The van der Waals surface area contributed by atoms with Crippen molar-refractivity contribution in [3.63, 3.8) is 0 Å². The smallest absolute Gasteiger partial charge is 0.147 e. The fourth-order valence-electron chi connectivity index (χ4n) is 1.37. The van der Waals surface area contributed by atoms with E-state index < -0.39 is 0 Å². The summed E-state index contributed by atoms with van der Waals surface area (Å²) in [6.07, 6.45) is 0. The van der Waals surface area contributed by atoms with Crippen LogP contribution in [0.1, 0.15) is 17.0 Å². The Morgan fingerprint density at radius 3 is 2.94 bits per heavy atom. The number of hydrogen-bond donors (Lipinski definition) is 1. The molecule has 4 heteroatoms. The third-order valence-electron chi connectivity index (χ3n) is 2.14. The van der Waals surface area contributed by atoms with Crippen LogP contribution in [0.25, 0.3) is 0 Å². The molecule has 1 N–H and O–H groups in total. The SMILES string of the molecule is Cc1cc(CSc2cccc(CO)c2)on1. The summed E-state index contributed by atoms with van der Waals surface area (Å²) in [6, 6.07) is 9.78. The number of hydrogen-bond acceptors (Lipinski definition) is 4. The molecule has 0 saturated heterocycles. The summed E-state index contributed by atoms with van der Waals surface area (Å²) in [5.74, 6) is 1.63. The summed E-state index contributed by atoms with van der Waals surface area (Å²) >= 11 is 1.67. The number of benzene rings is 1. The molecule has 0 aliphatic rings. The third-order valence-corrected chi connectivity index (χ3v) is 3.16. The van der Waals surface area contributed by atoms with Crippen molar-refractivity contribution < 1.29 is 9.63 Å². The van der Waals surface area contributed by atoms with Gasteiger partial charge in [0.15, 0.2) is 0 Å². The van der Waals surface area contributed by atoms with E-state index in [-0.39, 0.29) is 6.61 Å². The zero-order valence-electron chi connectivity index (χ0n) is 9.01. The third kappa shape index (κ3) is 2.87. The summed E-state index contributed by atoms with van der Waals surface area (Å²) in [5.41, 5.74) is 1.83. The van der Waals surface area contributed by atoms with Crippen LogP contribution < -0.4 is 0 Å². The van der Waals surface area contributed by atoms with Gasteiger partial charge in [-0.2, -0.15) is 0 Å². The molecule has 0 fully saturated rings. The van der Waals surface area contributed by atoms with Gasteiger partial charge in [-0.3, -0.25) is 0 Å². The second-order valence-electron chi connectivity index (χ2n) is 3.53. The van der Waals surface area contributed by atoms with Gasteiger partial charge >= 0.3 is 0 Å². The molecule has 0 saturated carbocycles. The summed E-state index contributed by atoms with van der Waals surface area (Å²) in [7, 11) is 0. The van der Waals surface area contributed by atoms with Crippen LogP contribution in [-0.2, 0) is 12.4 Å². The quantitative estimate of drug-likeness (QED) is 0.828. The monoisotopic (exact) mass is 235 g/mol. The maximum Gasteiger partial charge on any atom is 0.147 e. The molecule has 0 atom stereocenters. The van der Waals surface area contributed by atoms with E-state index in [1.54, 1.807) is 11.8 Å². The van der Waals surface area contributed by atoms with Crippen LogP contribution in [0, 0.1) is 6.92 Å². The van der Waals surface area contributed by atoms with Gasteiger partial charge in [0, 0.05) is 11.0 Å². The second-order valence-corrected chi connectivity index (χ2v) is 4.58. The molecule has 16 heavy (non-hydrogen) atoms. The summed E-state index contributed by atoms with van der Waals surface area (Å²) < 4.78 is 5.12. The van der Waals surface area contributed by atoms with Gasteiger partial charge in [0.1, 0.15) is 5.76 Å². The molecule has 0 radical (unpaired) electrons. The van der Waals surface area contributed by atoms with E-state index in [0.717, 1.165) is 27.7 Å². The van der Waals surface area contributed by atoms with Gasteiger partial charge in [-0.25, -0.2) is 0 Å². The minimum atomic E-state index is 0.0792. The van der Waals surface area contributed by atoms with E-state index in [1.165, 1.54) is 0 Å². The van der Waals surface area contributed by atoms with Crippen molar-refractivity contribution >= 4 is 11.8 Å². The van der Waals surface area contributed by atoms with E-state index in [1.807, 2.05) is 37.3 Å². The molecule has 1 heterocycles. The molecule has 0 unspecified atom stereocenters. The summed E-state index contributed by atoms with van der Waals surface area (Å²) in [5, 5.41) is 12.8. The molecule has 0 bridgehead atoms. The number of thioether (sulfide) groups is 1. The van der Waals surface area contributed by atoms with Gasteiger partial charge in [0.05, 0.1) is 18.1 Å². The maximum atomic E-state index is 9.01. The largest absolute Gasteiger partial charge is 0.392 e. The van der Waals surface area contributed by atoms with Gasteiger partial charge in [-0.15, -0.1) is 11.8 Å². The first-order valence-corrected chi connectivity index (χ1v) is 6.01. The fraction of sp³-hybridized carbons (Fsp3) is 0.250. The Kier molecular flexibility index (Phi) is 3.64. The fourth-order valence-corrected chi connectivity index (χ4v) is 2.23. The highest BCUT2D eigenvalue weighted by Gasteiger charge is 2.02. The lowest BCUT2D eigenvalue weighted by Crippen LogP contribution is -1.83. The highest BCUT2D eigenvalue weighted by atomic mass is 32.2. The first-order chi connectivity index (χ1) is 7.78. The molecule has 1 aromatic carbocycles. The predicted molar refractivity (Wildman–Crippen MR) is 63.2 cm³/mol. The molecule has 2 aromatic rings. The van der Waals surface area contributed by atoms with Crippen LogP contribution in [0.5, 0.6) is 0 Å². The Hall–Kier alpha value is -1.26. The Morgan fingerprint density at radius 1 is 1.38 bits per heavy atom. The average molecular weight is 235 g/mol. The Balaban J connectivity index is 1.99. The van der Waals surface area contributed by atoms with Crippen LogP contribution in [0.15, 0.2) is 39.8 Å². The molecule has 1 aromatic heterocycles. The minimum absolute atomic E-state index is 0.0792. The number of rotatable bonds is 4. The topological polar surface area (TPSA) is 46.3 Å². The van der Waals surface area contributed by atoms with E-state index in [0.29, 0.717) is 0 Å². The lowest BCUT2D eigenvalue weighted by atomic mass is 10.2. The van der Waals surface area contributed by atoms with Gasteiger partial charge in [0.2, 0.25) is 0 Å². The van der Waals surface area contributed by atoms with Crippen molar-refractivity contribution in [1.82, 2.24) is 5.16 Å². The molecule has 0 amide bonds. The van der Waals surface area contributed by atoms with Crippen LogP contribution >= 0.6 is 11.8 Å². The zero-order valence-corrected chi connectivity index (χ0v) is 9.83. The highest BCUT2D eigenvalue weighted by Crippen LogP contribution is 2.23. The Bertz CT molecular complexity index is 468. The minimum Gasteiger partial charge on any atom is -0.392 e. The second kappa shape index (κ2) is 5.18. The molecule has 0 spiro atoms. The summed E-state index contributed by atoms with van der Waals surface area (Å²) in [6.45, 7) is 1.99. The molecule has 0 aliphatic carbocycles. The lowest BCUT2D eigenvalue weighted by molar-refractivity contribution is 0.281. The van der Waals surface area contributed by atoms with Crippen LogP contribution in [0.2, 0.25) is 0 Å². The number of aliphatic hydroxyl groups is 1. The normalized spacial score (nSPS) is 10.6. The molecular formula is C12H13NO2S. The van der Waals surface area contributed by atoms with Gasteiger partial charge in [-0.1, -0.05) is 17.3 Å². The van der Waals surface area contributed by atoms with E-state index in [2.05, 4.69) is 5.16 Å². The highest BCUT2D eigenvalue weighted by molar-refractivity contribution is 7.98. The average Bonchev–Trinajstić information content (AvgIpc) is 2.73. The van der Waals surface area contributed by atoms with Crippen molar-refractivity contribution in [3.8, 4) is 0 Å². The van der Waals surface area contributed by atoms with E-state index in [9.17, 15) is 0 Å². The Labute approximate surface area is 98.5 Å². The van der Waals surface area contributed by atoms with Crippen molar-refractivity contribution in [2.24, 2.45) is 0 Å². The van der Waals surface area contributed by atoms with Crippen molar-refractivity contribution in [2.75, 3.05) is 0 Å². The standard InChI is InChI=1S/C12H13NO2S/c1-9-5-11(15-13-9)8-16-12-4-2-3-10(6-12)7-14/h2-6,14H,7-8H2,1H3. The van der Waals surface area contributed by atoms with Crippen LogP contribution in [0.4, 0.5) is 0 Å². The Morgan fingerprint density at radius 2 is 2.25 bits per heavy atom. The lowest BCUT2D eigenvalue weighted by Gasteiger charge is -2.01. The molecule has 2 rings (SSSR count). The van der Waals surface area contributed by atoms with Crippen molar-refractivity contribution in [2.45, 2.75) is 24.2 Å². The van der Waals surface area contributed by atoms with Gasteiger partial charge < -0.3 is 9.63 Å². The summed E-state index contributed by atoms with van der Waals surface area (Å²) in [4.78, 5) is 1.13. The number of aromatic nitrogens is 1. The van der Waals surface area contributed by atoms with E-state index >= 15 is 0 Å². The van der Waals surface area contributed by atoms with Gasteiger partial charge in [-0.05, 0) is 24.6 Å². The molecular weight excluding hydrogens is 222 g/mol. The molecule has 84 valence electrons. The predicted octanol–water partition coefficient (Wildman–Crippen LogP) is 2.77. The van der Waals surface area contributed by atoms with Crippen LogP contribution in [0.3, 0.4) is 0 Å². The number of aliphatic hydroxyl groups excluding tert-OH is 1. The van der Waals surface area contributed by atoms with Crippen molar-refractivity contribution in [3.05, 3.63) is 47.3 Å². The maximum absolute atomic E-state index is 9.01.